The van der Waals surface area contributed by atoms with Gasteiger partial charge in [0.05, 0.1) is 0 Å². The molecule has 104 valence electrons. The van der Waals surface area contributed by atoms with Crippen LogP contribution in [0.3, 0.4) is 0 Å². The average Bonchev–Trinajstić information content (AvgIpc) is 3.02. The summed E-state index contributed by atoms with van der Waals surface area (Å²) in [6.45, 7) is 6.75. The van der Waals surface area contributed by atoms with Crippen molar-refractivity contribution in [3.05, 3.63) is 0 Å². The summed E-state index contributed by atoms with van der Waals surface area (Å²) in [4.78, 5) is 5.42. The van der Waals surface area contributed by atoms with Crippen LogP contribution >= 0.6 is 0 Å². The zero-order valence-electron chi connectivity index (χ0n) is 11.7. The van der Waals surface area contributed by atoms with Gasteiger partial charge in [0.1, 0.15) is 0 Å². The van der Waals surface area contributed by atoms with E-state index in [2.05, 4.69) is 9.80 Å². The van der Waals surface area contributed by atoms with Crippen molar-refractivity contribution in [2.45, 2.75) is 57.0 Å². The molecule has 2 N–H and O–H groups in total. The first-order valence-corrected chi connectivity index (χ1v) is 8.03. The maximum atomic E-state index is 6.03. The Morgan fingerprint density at radius 2 is 1.61 bits per heavy atom. The van der Waals surface area contributed by atoms with Gasteiger partial charge in [-0.3, -0.25) is 0 Å². The van der Waals surface area contributed by atoms with Gasteiger partial charge < -0.3 is 15.5 Å². The highest BCUT2D eigenvalue weighted by Gasteiger charge is 2.30. The molecule has 0 aromatic carbocycles. The molecule has 3 rings (SSSR count). The lowest BCUT2D eigenvalue weighted by atomic mass is 9.95. The Bertz CT molecular complexity index is 254. The van der Waals surface area contributed by atoms with Gasteiger partial charge in [-0.05, 0) is 77.0 Å². The number of piperidine rings is 1. The number of hydrogen-bond donors (Lipinski definition) is 1. The Hall–Kier alpha value is -0.120. The van der Waals surface area contributed by atoms with Crippen molar-refractivity contribution < 1.29 is 0 Å². The van der Waals surface area contributed by atoms with E-state index in [1.54, 1.807) is 0 Å². The molecule has 0 amide bonds. The molecule has 2 saturated heterocycles. The number of hydrogen-bond acceptors (Lipinski definition) is 3. The fourth-order valence-corrected chi connectivity index (χ4v) is 4.15. The summed E-state index contributed by atoms with van der Waals surface area (Å²) in [5.74, 6) is 0.967. The van der Waals surface area contributed by atoms with Gasteiger partial charge in [0.25, 0.3) is 0 Å². The SMILES string of the molecule is NC1CCC(N2CCC(CN3CCCC3)CC2)C1. The summed E-state index contributed by atoms with van der Waals surface area (Å²) in [6, 6.07) is 1.30. The standard InChI is InChI=1S/C15H29N3/c16-14-3-4-15(11-14)18-9-5-13(6-10-18)12-17-7-1-2-8-17/h13-15H,1-12,16H2. The molecule has 3 nitrogen and oxygen atoms in total. The van der Waals surface area contributed by atoms with Crippen LogP contribution in [-0.4, -0.2) is 54.6 Å². The molecule has 3 heteroatoms. The molecule has 1 saturated carbocycles. The molecular weight excluding hydrogens is 222 g/mol. The molecule has 2 unspecified atom stereocenters. The Kier molecular flexibility index (Phi) is 4.22. The van der Waals surface area contributed by atoms with Crippen LogP contribution in [0.15, 0.2) is 0 Å². The van der Waals surface area contributed by atoms with E-state index in [0.29, 0.717) is 6.04 Å². The van der Waals surface area contributed by atoms with Crippen LogP contribution in [0.2, 0.25) is 0 Å². The molecule has 2 heterocycles. The quantitative estimate of drug-likeness (QED) is 0.828. The third kappa shape index (κ3) is 3.06. The van der Waals surface area contributed by atoms with Crippen LogP contribution in [0.5, 0.6) is 0 Å². The third-order valence-corrected chi connectivity index (χ3v) is 5.33. The molecule has 0 spiro atoms. The van der Waals surface area contributed by atoms with Gasteiger partial charge in [0.2, 0.25) is 0 Å². The second-order valence-corrected chi connectivity index (χ2v) is 6.71. The summed E-state index contributed by atoms with van der Waals surface area (Å²) in [7, 11) is 0. The first-order valence-electron chi connectivity index (χ1n) is 8.03. The van der Waals surface area contributed by atoms with Gasteiger partial charge >= 0.3 is 0 Å². The van der Waals surface area contributed by atoms with Crippen molar-refractivity contribution in [2.75, 3.05) is 32.7 Å². The van der Waals surface area contributed by atoms with Crippen LogP contribution in [0.4, 0.5) is 0 Å². The Balaban J connectivity index is 1.40. The lowest BCUT2D eigenvalue weighted by Gasteiger charge is -2.37. The summed E-state index contributed by atoms with van der Waals surface area (Å²) >= 11 is 0. The van der Waals surface area contributed by atoms with Gasteiger partial charge in [-0.25, -0.2) is 0 Å². The lowest BCUT2D eigenvalue weighted by molar-refractivity contribution is 0.116. The van der Waals surface area contributed by atoms with Crippen LogP contribution in [0, 0.1) is 5.92 Å². The van der Waals surface area contributed by atoms with Crippen molar-refractivity contribution in [1.29, 1.82) is 0 Å². The van der Waals surface area contributed by atoms with E-state index >= 15 is 0 Å². The van der Waals surface area contributed by atoms with Crippen molar-refractivity contribution >= 4 is 0 Å². The number of likely N-dealkylation sites (tertiary alicyclic amines) is 2. The molecule has 3 aliphatic rings. The van der Waals surface area contributed by atoms with Gasteiger partial charge in [-0.15, -0.1) is 0 Å². The van der Waals surface area contributed by atoms with Crippen molar-refractivity contribution in [2.24, 2.45) is 11.7 Å². The molecule has 0 aromatic heterocycles. The zero-order chi connectivity index (χ0) is 12.4. The summed E-state index contributed by atoms with van der Waals surface area (Å²) < 4.78 is 0. The van der Waals surface area contributed by atoms with E-state index in [-0.39, 0.29) is 0 Å². The van der Waals surface area contributed by atoms with Crippen LogP contribution in [-0.2, 0) is 0 Å². The molecule has 0 radical (unpaired) electrons. The van der Waals surface area contributed by atoms with Gasteiger partial charge in [0, 0.05) is 18.6 Å². The van der Waals surface area contributed by atoms with Crippen molar-refractivity contribution in [3.63, 3.8) is 0 Å². The highest BCUT2D eigenvalue weighted by Crippen LogP contribution is 2.28. The fourth-order valence-electron chi connectivity index (χ4n) is 4.15. The number of nitrogens with zero attached hydrogens (tertiary/aromatic N) is 2. The maximum Gasteiger partial charge on any atom is 0.0111 e. The van der Waals surface area contributed by atoms with Gasteiger partial charge in [0.15, 0.2) is 0 Å². The van der Waals surface area contributed by atoms with Crippen LogP contribution in [0.25, 0.3) is 0 Å². The molecule has 3 fully saturated rings. The highest BCUT2D eigenvalue weighted by atomic mass is 15.2. The molecule has 2 aliphatic heterocycles. The van der Waals surface area contributed by atoms with E-state index in [1.165, 1.54) is 77.7 Å². The highest BCUT2D eigenvalue weighted by molar-refractivity contribution is 4.87. The van der Waals surface area contributed by atoms with Crippen molar-refractivity contribution in [1.82, 2.24) is 9.80 Å². The second-order valence-electron chi connectivity index (χ2n) is 6.71. The first kappa shape index (κ1) is 12.9. The minimum absolute atomic E-state index is 0.484. The minimum atomic E-state index is 0.484. The molecular formula is C15H29N3. The minimum Gasteiger partial charge on any atom is -0.328 e. The molecule has 1 aliphatic carbocycles. The largest absolute Gasteiger partial charge is 0.328 e. The molecule has 18 heavy (non-hydrogen) atoms. The van der Waals surface area contributed by atoms with Crippen LogP contribution in [0.1, 0.15) is 44.9 Å². The topological polar surface area (TPSA) is 32.5 Å². The second kappa shape index (κ2) is 5.89. The summed E-state index contributed by atoms with van der Waals surface area (Å²) in [5, 5.41) is 0. The third-order valence-electron chi connectivity index (χ3n) is 5.33. The van der Waals surface area contributed by atoms with E-state index < -0.39 is 0 Å². The molecule has 0 aromatic rings. The Morgan fingerprint density at radius 3 is 2.22 bits per heavy atom. The zero-order valence-corrected chi connectivity index (χ0v) is 11.7. The van der Waals surface area contributed by atoms with E-state index in [1.807, 2.05) is 0 Å². The molecule has 0 bridgehead atoms. The normalized spacial score (nSPS) is 36.5. The molecule has 2 atom stereocenters. The lowest BCUT2D eigenvalue weighted by Crippen LogP contribution is -2.43. The predicted octanol–water partition coefficient (Wildman–Crippen LogP) is 1.67. The fraction of sp³-hybridized carbons (Fsp3) is 1.00. The van der Waals surface area contributed by atoms with E-state index in [0.717, 1.165) is 12.0 Å². The van der Waals surface area contributed by atoms with Crippen molar-refractivity contribution in [3.8, 4) is 0 Å². The summed E-state index contributed by atoms with van der Waals surface area (Å²) in [5.41, 5.74) is 6.03. The number of rotatable bonds is 3. The monoisotopic (exact) mass is 251 g/mol. The maximum absolute atomic E-state index is 6.03. The smallest absolute Gasteiger partial charge is 0.0111 e. The summed E-state index contributed by atoms with van der Waals surface area (Å²) in [6.07, 6.45) is 9.54. The van der Waals surface area contributed by atoms with E-state index in [4.69, 9.17) is 5.73 Å². The average molecular weight is 251 g/mol. The van der Waals surface area contributed by atoms with Gasteiger partial charge in [-0.1, -0.05) is 0 Å². The van der Waals surface area contributed by atoms with E-state index in [9.17, 15) is 0 Å². The van der Waals surface area contributed by atoms with Gasteiger partial charge in [-0.2, -0.15) is 0 Å². The number of nitrogens with two attached hydrogens (primary N) is 1. The Morgan fingerprint density at radius 1 is 0.889 bits per heavy atom. The van der Waals surface area contributed by atoms with Crippen LogP contribution < -0.4 is 5.73 Å². The Labute approximate surface area is 112 Å². The predicted molar refractivity (Wildman–Crippen MR) is 75.6 cm³/mol. The first-order chi connectivity index (χ1) is 8.81.